The molecule has 4 aliphatic heterocycles. The second-order valence-electron chi connectivity index (χ2n) is 7.89. The molecule has 0 spiro atoms. The number of amides is 1. The van der Waals surface area contributed by atoms with Crippen LogP contribution in [0, 0.1) is 5.92 Å². The number of benzene rings is 1. The number of methoxy groups -OCH3 is 1. The van der Waals surface area contributed by atoms with E-state index in [9.17, 15) is 4.79 Å². The summed E-state index contributed by atoms with van der Waals surface area (Å²) in [4.78, 5) is 22.5. The molecule has 4 fully saturated rings. The molecule has 1 amide bonds. The third-order valence-corrected chi connectivity index (χ3v) is 6.68. The highest BCUT2D eigenvalue weighted by Gasteiger charge is 2.54. The smallest absolute Gasteiger partial charge is 0.259 e. The normalized spacial score (nSPS) is 31.6. The molecule has 1 aromatic carbocycles. The lowest BCUT2D eigenvalue weighted by atomic mass is 9.75. The highest BCUT2D eigenvalue weighted by Crippen LogP contribution is 2.47. The predicted octanol–water partition coefficient (Wildman–Crippen LogP) is 2.79. The molecule has 0 radical (unpaired) electrons. The summed E-state index contributed by atoms with van der Waals surface area (Å²) in [6.45, 7) is 3.09. The summed E-state index contributed by atoms with van der Waals surface area (Å²) < 4.78 is 5.37. The SMILES string of the molecule is COc1ncccc1C(=O)N1C[C@H](c2ccccc2)[C@@H]2[C@H]1C1CCN2CC1. The minimum absolute atomic E-state index is 0.0575. The standard InChI is InChI=1S/C22H25N3O2/c1-27-21-17(8-5-11-23-21)22(26)25-14-18(15-6-3-2-4-7-15)20-19(25)16-9-12-24(20)13-10-16/h2-8,11,16,18-20H,9-10,12-14H2,1H3/t18-,19-,20-/m1/s1. The quantitative estimate of drug-likeness (QED) is 0.841. The molecule has 4 saturated heterocycles. The van der Waals surface area contributed by atoms with E-state index in [0.29, 0.717) is 29.3 Å². The van der Waals surface area contributed by atoms with Crippen molar-refractivity contribution >= 4 is 5.91 Å². The van der Waals surface area contributed by atoms with Crippen molar-refractivity contribution in [2.24, 2.45) is 5.92 Å². The Morgan fingerprint density at radius 1 is 1.07 bits per heavy atom. The minimum Gasteiger partial charge on any atom is -0.480 e. The maximum atomic E-state index is 13.5. The zero-order valence-electron chi connectivity index (χ0n) is 15.6. The summed E-state index contributed by atoms with van der Waals surface area (Å²) >= 11 is 0. The maximum Gasteiger partial charge on any atom is 0.259 e. The number of pyridine rings is 1. The molecule has 1 aromatic heterocycles. The number of fused-ring (bicyclic) bond motifs is 2. The molecular weight excluding hydrogens is 338 g/mol. The van der Waals surface area contributed by atoms with Gasteiger partial charge in [-0.15, -0.1) is 0 Å². The van der Waals surface area contributed by atoms with Crippen molar-refractivity contribution in [3.63, 3.8) is 0 Å². The van der Waals surface area contributed by atoms with E-state index in [1.54, 1.807) is 13.3 Å². The second kappa shape index (κ2) is 6.64. The first kappa shape index (κ1) is 16.8. The average Bonchev–Trinajstić information content (AvgIpc) is 3.17. The van der Waals surface area contributed by atoms with Gasteiger partial charge in [-0.1, -0.05) is 30.3 Å². The largest absolute Gasteiger partial charge is 0.480 e. The number of carbonyl (C=O) groups is 1. The van der Waals surface area contributed by atoms with E-state index in [2.05, 4.69) is 45.1 Å². The molecule has 5 heteroatoms. The van der Waals surface area contributed by atoms with Crippen LogP contribution in [0.5, 0.6) is 5.88 Å². The van der Waals surface area contributed by atoms with Crippen molar-refractivity contribution in [2.45, 2.75) is 30.8 Å². The Kier molecular flexibility index (Phi) is 4.12. The van der Waals surface area contributed by atoms with E-state index in [1.807, 2.05) is 12.1 Å². The van der Waals surface area contributed by atoms with Crippen LogP contribution in [0.25, 0.3) is 0 Å². The lowest BCUT2D eigenvalue weighted by Gasteiger charge is -2.51. The number of piperidine rings is 3. The Bertz CT molecular complexity index is 832. The van der Waals surface area contributed by atoms with Crippen LogP contribution in [0.3, 0.4) is 0 Å². The van der Waals surface area contributed by atoms with Gasteiger partial charge in [0.1, 0.15) is 5.56 Å². The molecule has 6 rings (SSSR count). The third-order valence-electron chi connectivity index (χ3n) is 6.68. The number of hydrogen-bond donors (Lipinski definition) is 0. The van der Waals surface area contributed by atoms with Crippen LogP contribution >= 0.6 is 0 Å². The van der Waals surface area contributed by atoms with Crippen molar-refractivity contribution in [1.29, 1.82) is 0 Å². The first-order valence-corrected chi connectivity index (χ1v) is 9.87. The molecule has 5 nitrogen and oxygen atoms in total. The predicted molar refractivity (Wildman–Crippen MR) is 103 cm³/mol. The Morgan fingerprint density at radius 3 is 2.59 bits per heavy atom. The van der Waals surface area contributed by atoms with Crippen LogP contribution in [-0.4, -0.2) is 59.5 Å². The van der Waals surface area contributed by atoms with Crippen LogP contribution < -0.4 is 4.74 Å². The Morgan fingerprint density at radius 2 is 1.85 bits per heavy atom. The molecule has 0 saturated carbocycles. The van der Waals surface area contributed by atoms with Gasteiger partial charge in [0, 0.05) is 24.7 Å². The highest BCUT2D eigenvalue weighted by molar-refractivity contribution is 5.97. The Labute approximate surface area is 159 Å². The zero-order valence-corrected chi connectivity index (χ0v) is 15.6. The van der Waals surface area contributed by atoms with Gasteiger partial charge < -0.3 is 9.64 Å². The van der Waals surface area contributed by atoms with E-state index in [1.165, 1.54) is 18.4 Å². The summed E-state index contributed by atoms with van der Waals surface area (Å²) in [6.07, 6.45) is 4.05. The first-order valence-electron chi connectivity index (χ1n) is 9.87. The van der Waals surface area contributed by atoms with E-state index < -0.39 is 0 Å². The van der Waals surface area contributed by atoms with Crippen LogP contribution in [0.15, 0.2) is 48.7 Å². The van der Waals surface area contributed by atoms with Gasteiger partial charge in [0.15, 0.2) is 0 Å². The van der Waals surface area contributed by atoms with Crippen molar-refractivity contribution < 1.29 is 9.53 Å². The Hall–Kier alpha value is -2.40. The van der Waals surface area contributed by atoms with Gasteiger partial charge in [-0.3, -0.25) is 9.69 Å². The van der Waals surface area contributed by atoms with Crippen molar-refractivity contribution in [3.8, 4) is 5.88 Å². The molecule has 27 heavy (non-hydrogen) atoms. The van der Waals surface area contributed by atoms with Gasteiger partial charge in [0.05, 0.1) is 13.2 Å². The minimum atomic E-state index is 0.0575. The van der Waals surface area contributed by atoms with Crippen LogP contribution in [0.1, 0.15) is 34.7 Å². The number of carbonyl (C=O) groups excluding carboxylic acids is 1. The number of nitrogens with zero attached hydrogens (tertiary/aromatic N) is 3. The molecular formula is C22H25N3O2. The first-order chi connectivity index (χ1) is 13.3. The van der Waals surface area contributed by atoms with Gasteiger partial charge in [-0.2, -0.15) is 0 Å². The number of rotatable bonds is 3. The lowest BCUT2D eigenvalue weighted by molar-refractivity contribution is -0.00350. The van der Waals surface area contributed by atoms with Crippen LogP contribution in [0.2, 0.25) is 0 Å². The van der Waals surface area contributed by atoms with Crippen molar-refractivity contribution in [1.82, 2.24) is 14.8 Å². The highest BCUT2D eigenvalue weighted by atomic mass is 16.5. The van der Waals surface area contributed by atoms with E-state index >= 15 is 0 Å². The molecule has 140 valence electrons. The van der Waals surface area contributed by atoms with Crippen LogP contribution in [-0.2, 0) is 0 Å². The van der Waals surface area contributed by atoms with E-state index in [-0.39, 0.29) is 11.9 Å². The summed E-state index contributed by atoms with van der Waals surface area (Å²) in [6, 6.07) is 15.1. The second-order valence-corrected chi connectivity index (χ2v) is 7.89. The summed E-state index contributed by atoms with van der Waals surface area (Å²) in [5, 5.41) is 0. The average molecular weight is 363 g/mol. The van der Waals surface area contributed by atoms with Crippen LogP contribution in [0.4, 0.5) is 0 Å². The van der Waals surface area contributed by atoms with Gasteiger partial charge in [0.2, 0.25) is 5.88 Å². The monoisotopic (exact) mass is 363 g/mol. The lowest BCUT2D eigenvalue weighted by Crippen LogP contribution is -2.60. The fourth-order valence-electron chi connectivity index (χ4n) is 5.52. The number of ether oxygens (including phenoxy) is 1. The van der Waals surface area contributed by atoms with Crippen molar-refractivity contribution in [2.75, 3.05) is 26.7 Å². The number of aromatic nitrogens is 1. The fourth-order valence-corrected chi connectivity index (χ4v) is 5.52. The number of likely N-dealkylation sites (tertiary alicyclic amines) is 1. The van der Waals surface area contributed by atoms with E-state index in [4.69, 9.17) is 4.74 Å². The summed E-state index contributed by atoms with van der Waals surface area (Å²) in [5.74, 6) is 1.44. The van der Waals surface area contributed by atoms with Crippen molar-refractivity contribution in [3.05, 3.63) is 59.8 Å². The molecule has 0 aliphatic carbocycles. The van der Waals surface area contributed by atoms with Gasteiger partial charge in [0.25, 0.3) is 5.91 Å². The molecule has 0 N–H and O–H groups in total. The van der Waals surface area contributed by atoms with Gasteiger partial charge >= 0.3 is 0 Å². The maximum absolute atomic E-state index is 13.5. The third kappa shape index (κ3) is 2.64. The fraction of sp³-hybridized carbons (Fsp3) is 0.455. The molecule has 3 atom stereocenters. The summed E-state index contributed by atoms with van der Waals surface area (Å²) in [7, 11) is 1.58. The Balaban J connectivity index is 1.54. The molecule has 2 aromatic rings. The molecule has 0 unspecified atom stereocenters. The van der Waals surface area contributed by atoms with Gasteiger partial charge in [-0.25, -0.2) is 4.98 Å². The summed E-state index contributed by atoms with van der Waals surface area (Å²) in [5.41, 5.74) is 1.91. The molecule has 4 aliphatic rings. The van der Waals surface area contributed by atoms with Gasteiger partial charge in [-0.05, 0) is 49.5 Å². The number of hydrogen-bond acceptors (Lipinski definition) is 4. The zero-order chi connectivity index (χ0) is 18.4. The molecule has 2 bridgehead atoms. The topological polar surface area (TPSA) is 45.7 Å². The van der Waals surface area contributed by atoms with E-state index in [0.717, 1.165) is 19.6 Å². The molecule has 5 heterocycles.